The summed E-state index contributed by atoms with van der Waals surface area (Å²) in [5.41, 5.74) is 13.8. The number of nitrogens with two attached hydrogens (primary N) is 2. The van der Waals surface area contributed by atoms with Gasteiger partial charge in [0.2, 0.25) is 0 Å². The maximum absolute atomic E-state index is 12.4. The molecule has 0 saturated heterocycles. The molecule has 22 heavy (non-hydrogen) atoms. The number of benzene rings is 2. The molecule has 114 valence electrons. The number of hydrogen-bond acceptors (Lipinski definition) is 5. The molecule has 0 amide bonds. The Balaban J connectivity index is 2.14. The van der Waals surface area contributed by atoms with Gasteiger partial charge in [0, 0.05) is 16.8 Å². The van der Waals surface area contributed by atoms with Gasteiger partial charge >= 0.3 is 5.97 Å². The quantitative estimate of drug-likeness (QED) is 0.496. The van der Waals surface area contributed by atoms with Crippen LogP contribution in [0.4, 0.5) is 5.69 Å². The van der Waals surface area contributed by atoms with Gasteiger partial charge in [0.05, 0.1) is 7.11 Å². The molecule has 0 fully saturated rings. The summed E-state index contributed by atoms with van der Waals surface area (Å²) in [4.78, 5) is 23.7. The smallest absolute Gasteiger partial charge is 0.322 e. The second kappa shape index (κ2) is 6.87. The van der Waals surface area contributed by atoms with E-state index in [1.54, 1.807) is 48.5 Å². The Labute approximate surface area is 128 Å². The van der Waals surface area contributed by atoms with Crippen LogP contribution in [0, 0.1) is 0 Å². The number of ether oxygens (including phenoxy) is 1. The number of carbonyl (C=O) groups is 2. The fraction of sp³-hybridized carbons (Fsp3) is 0.176. The molecule has 0 radical (unpaired) electrons. The summed E-state index contributed by atoms with van der Waals surface area (Å²) < 4.78 is 4.59. The molecule has 5 nitrogen and oxygen atoms in total. The second-order valence-corrected chi connectivity index (χ2v) is 4.95. The Kier molecular flexibility index (Phi) is 4.91. The first kappa shape index (κ1) is 15.7. The third-order valence-electron chi connectivity index (χ3n) is 3.38. The molecule has 0 heterocycles. The van der Waals surface area contributed by atoms with E-state index in [0.29, 0.717) is 23.2 Å². The molecule has 0 spiro atoms. The Morgan fingerprint density at radius 3 is 2.32 bits per heavy atom. The summed E-state index contributed by atoms with van der Waals surface area (Å²) in [6, 6.07) is 13.2. The van der Waals surface area contributed by atoms with Crippen LogP contribution in [-0.2, 0) is 16.0 Å². The topological polar surface area (TPSA) is 95.4 Å². The number of nitrogen functional groups attached to an aromatic ring is 1. The number of ketones is 1. The van der Waals surface area contributed by atoms with Gasteiger partial charge in [-0.3, -0.25) is 9.59 Å². The SMILES string of the molecule is COC(=O)[C@@H](N)Cc1ccc(C(=O)c2ccccc2N)cc1. The van der Waals surface area contributed by atoms with Gasteiger partial charge in [0.1, 0.15) is 6.04 Å². The lowest BCUT2D eigenvalue weighted by Crippen LogP contribution is -2.33. The zero-order valence-electron chi connectivity index (χ0n) is 12.3. The van der Waals surface area contributed by atoms with Gasteiger partial charge in [0.15, 0.2) is 5.78 Å². The van der Waals surface area contributed by atoms with E-state index >= 15 is 0 Å². The summed E-state index contributed by atoms with van der Waals surface area (Å²) >= 11 is 0. The highest BCUT2D eigenvalue weighted by Crippen LogP contribution is 2.17. The van der Waals surface area contributed by atoms with E-state index in [0.717, 1.165) is 5.56 Å². The number of para-hydroxylation sites is 1. The van der Waals surface area contributed by atoms with Crippen molar-refractivity contribution >= 4 is 17.4 Å². The van der Waals surface area contributed by atoms with Crippen LogP contribution >= 0.6 is 0 Å². The third kappa shape index (κ3) is 3.51. The molecule has 5 heteroatoms. The molecule has 1 atom stereocenters. The standard InChI is InChI=1S/C17H18N2O3/c1-22-17(21)15(19)10-11-6-8-12(9-7-11)16(20)13-4-2-3-5-14(13)18/h2-9,15H,10,18-19H2,1H3/t15-/m0/s1. The van der Waals surface area contributed by atoms with Gasteiger partial charge in [-0.05, 0) is 24.1 Å². The lowest BCUT2D eigenvalue weighted by atomic mass is 9.99. The first-order valence-electron chi connectivity index (χ1n) is 6.84. The molecule has 0 aromatic heterocycles. The molecule has 2 aromatic rings. The van der Waals surface area contributed by atoms with Crippen molar-refractivity contribution in [2.45, 2.75) is 12.5 Å². The van der Waals surface area contributed by atoms with Crippen LogP contribution in [0.3, 0.4) is 0 Å². The molecule has 4 N–H and O–H groups in total. The van der Waals surface area contributed by atoms with Crippen LogP contribution in [0.2, 0.25) is 0 Å². The molecule has 2 aromatic carbocycles. The minimum Gasteiger partial charge on any atom is -0.468 e. The number of hydrogen-bond donors (Lipinski definition) is 2. The number of methoxy groups -OCH3 is 1. The van der Waals surface area contributed by atoms with Crippen molar-refractivity contribution < 1.29 is 14.3 Å². The molecule has 0 aliphatic carbocycles. The van der Waals surface area contributed by atoms with Crippen molar-refractivity contribution in [1.29, 1.82) is 0 Å². The van der Waals surface area contributed by atoms with Gasteiger partial charge in [-0.25, -0.2) is 0 Å². The monoisotopic (exact) mass is 298 g/mol. The number of carbonyl (C=O) groups excluding carboxylic acids is 2. The molecular formula is C17H18N2O3. The zero-order valence-corrected chi connectivity index (χ0v) is 12.3. The molecule has 0 unspecified atom stereocenters. The number of esters is 1. The largest absolute Gasteiger partial charge is 0.468 e. The van der Waals surface area contributed by atoms with E-state index in [4.69, 9.17) is 11.5 Å². The average molecular weight is 298 g/mol. The number of anilines is 1. The first-order chi connectivity index (χ1) is 10.5. The summed E-state index contributed by atoms with van der Waals surface area (Å²) in [5.74, 6) is -0.598. The van der Waals surface area contributed by atoms with Gasteiger partial charge in [-0.15, -0.1) is 0 Å². The number of rotatable bonds is 5. The van der Waals surface area contributed by atoms with E-state index in [-0.39, 0.29) is 5.78 Å². The molecule has 0 saturated carbocycles. The van der Waals surface area contributed by atoms with Crippen LogP contribution in [0.25, 0.3) is 0 Å². The average Bonchev–Trinajstić information content (AvgIpc) is 2.54. The molecule has 0 bridgehead atoms. The fourth-order valence-electron chi connectivity index (χ4n) is 2.14. The normalized spacial score (nSPS) is 11.7. The van der Waals surface area contributed by atoms with Gasteiger partial charge < -0.3 is 16.2 Å². The van der Waals surface area contributed by atoms with Gasteiger partial charge in [-0.2, -0.15) is 0 Å². The lowest BCUT2D eigenvalue weighted by molar-refractivity contribution is -0.142. The van der Waals surface area contributed by atoms with Crippen LogP contribution < -0.4 is 11.5 Å². The fourth-order valence-corrected chi connectivity index (χ4v) is 2.14. The summed E-state index contributed by atoms with van der Waals surface area (Å²) in [6.45, 7) is 0. The molecule has 2 rings (SSSR count). The van der Waals surface area contributed by atoms with E-state index in [2.05, 4.69) is 4.74 Å². The van der Waals surface area contributed by atoms with E-state index in [9.17, 15) is 9.59 Å². The zero-order chi connectivity index (χ0) is 16.1. The van der Waals surface area contributed by atoms with E-state index < -0.39 is 12.0 Å². The Hall–Kier alpha value is -2.66. The summed E-state index contributed by atoms with van der Waals surface area (Å²) in [5, 5.41) is 0. The predicted molar refractivity (Wildman–Crippen MR) is 84.4 cm³/mol. The Morgan fingerprint density at radius 2 is 1.73 bits per heavy atom. The molecule has 0 aliphatic rings. The third-order valence-corrected chi connectivity index (χ3v) is 3.38. The van der Waals surface area contributed by atoms with Crippen LogP contribution in [0.15, 0.2) is 48.5 Å². The van der Waals surface area contributed by atoms with Gasteiger partial charge in [-0.1, -0.05) is 36.4 Å². The predicted octanol–water partition coefficient (Wildman–Crippen LogP) is 1.54. The second-order valence-electron chi connectivity index (χ2n) is 4.95. The highest BCUT2D eigenvalue weighted by atomic mass is 16.5. The first-order valence-corrected chi connectivity index (χ1v) is 6.84. The van der Waals surface area contributed by atoms with E-state index in [1.165, 1.54) is 7.11 Å². The summed E-state index contributed by atoms with van der Waals surface area (Å²) in [6.07, 6.45) is 0.356. The van der Waals surface area contributed by atoms with Crippen molar-refractivity contribution in [2.75, 3.05) is 12.8 Å². The highest BCUT2D eigenvalue weighted by Gasteiger charge is 2.15. The Bertz CT molecular complexity index is 681. The molecule has 0 aliphatic heterocycles. The minimum absolute atomic E-state index is 0.137. The van der Waals surface area contributed by atoms with Crippen LogP contribution in [0.1, 0.15) is 21.5 Å². The van der Waals surface area contributed by atoms with E-state index in [1.807, 2.05) is 0 Å². The Morgan fingerprint density at radius 1 is 1.09 bits per heavy atom. The van der Waals surface area contributed by atoms with Crippen molar-refractivity contribution in [3.63, 3.8) is 0 Å². The lowest BCUT2D eigenvalue weighted by Gasteiger charge is -2.10. The maximum Gasteiger partial charge on any atom is 0.322 e. The van der Waals surface area contributed by atoms with Crippen molar-refractivity contribution in [3.05, 3.63) is 65.2 Å². The highest BCUT2D eigenvalue weighted by molar-refractivity contribution is 6.12. The van der Waals surface area contributed by atoms with Crippen LogP contribution in [-0.4, -0.2) is 24.9 Å². The maximum atomic E-state index is 12.4. The van der Waals surface area contributed by atoms with Crippen molar-refractivity contribution in [1.82, 2.24) is 0 Å². The minimum atomic E-state index is -0.712. The van der Waals surface area contributed by atoms with Crippen LogP contribution in [0.5, 0.6) is 0 Å². The van der Waals surface area contributed by atoms with Gasteiger partial charge in [0.25, 0.3) is 0 Å². The molecular weight excluding hydrogens is 280 g/mol. The van der Waals surface area contributed by atoms with Crippen molar-refractivity contribution in [3.8, 4) is 0 Å². The summed E-state index contributed by atoms with van der Waals surface area (Å²) in [7, 11) is 1.30. The van der Waals surface area contributed by atoms with Crippen molar-refractivity contribution in [2.24, 2.45) is 5.73 Å².